The zero-order valence-corrected chi connectivity index (χ0v) is 18.9. The van der Waals surface area contributed by atoms with Crippen LogP contribution in [0.25, 0.3) is 6.08 Å². The molecule has 0 atom stereocenters. The monoisotopic (exact) mass is 484 g/mol. The Labute approximate surface area is 190 Å². The summed E-state index contributed by atoms with van der Waals surface area (Å²) in [6, 6.07) is 14.4. The van der Waals surface area contributed by atoms with Gasteiger partial charge in [-0.25, -0.2) is 0 Å². The zero-order valence-electron chi connectivity index (χ0n) is 17.3. The van der Waals surface area contributed by atoms with Crippen molar-refractivity contribution in [2.24, 2.45) is 5.92 Å². The fourth-order valence-corrected chi connectivity index (χ4v) is 3.88. The molecule has 6 nitrogen and oxygen atoms in total. The van der Waals surface area contributed by atoms with Gasteiger partial charge in [-0.05, 0) is 54.7 Å². The maximum atomic E-state index is 12.8. The number of nitrogens with one attached hydrogen (secondary N) is 1. The standard InChI is InChI=1S/C24H25BrN2O4/c1-17(28)31-21-7-4-6-20(15-21)24(30)27-13-11-18(12-14-27)16-26-23(29)10-9-19-5-2-3-8-22(19)25/h2-10,15,18H,11-14,16H2,1H3,(H,26,29)/b10-9+. The molecule has 0 aliphatic carbocycles. The molecule has 2 aromatic carbocycles. The first kappa shape index (κ1) is 22.7. The van der Waals surface area contributed by atoms with E-state index >= 15 is 0 Å². The fourth-order valence-electron chi connectivity index (χ4n) is 3.46. The average Bonchev–Trinajstić information content (AvgIpc) is 2.77. The number of nitrogens with zero attached hydrogens (tertiary/aromatic N) is 1. The van der Waals surface area contributed by atoms with E-state index < -0.39 is 5.97 Å². The van der Waals surface area contributed by atoms with Crippen LogP contribution >= 0.6 is 15.9 Å². The van der Waals surface area contributed by atoms with E-state index in [4.69, 9.17) is 4.74 Å². The SMILES string of the molecule is CC(=O)Oc1cccc(C(=O)N2CCC(CNC(=O)/C=C/c3ccccc3Br)CC2)c1. The molecule has 1 fully saturated rings. The molecule has 0 spiro atoms. The van der Waals surface area contributed by atoms with Crippen LogP contribution in [0, 0.1) is 5.92 Å². The Balaban J connectivity index is 1.45. The Kier molecular flexibility index (Phi) is 8.00. The smallest absolute Gasteiger partial charge is 0.308 e. The van der Waals surface area contributed by atoms with Crippen molar-refractivity contribution in [3.05, 3.63) is 70.2 Å². The summed E-state index contributed by atoms with van der Waals surface area (Å²) >= 11 is 3.46. The Morgan fingerprint density at radius 3 is 2.58 bits per heavy atom. The maximum absolute atomic E-state index is 12.8. The second-order valence-electron chi connectivity index (χ2n) is 7.46. The number of benzene rings is 2. The van der Waals surface area contributed by atoms with Crippen molar-refractivity contribution < 1.29 is 19.1 Å². The van der Waals surface area contributed by atoms with Crippen molar-refractivity contribution in [1.82, 2.24) is 10.2 Å². The van der Waals surface area contributed by atoms with E-state index in [1.807, 2.05) is 24.3 Å². The van der Waals surface area contributed by atoms with Gasteiger partial charge in [-0.2, -0.15) is 0 Å². The predicted molar refractivity (Wildman–Crippen MR) is 123 cm³/mol. The van der Waals surface area contributed by atoms with Gasteiger partial charge in [0, 0.05) is 42.7 Å². The number of hydrogen-bond donors (Lipinski definition) is 1. The van der Waals surface area contributed by atoms with Gasteiger partial charge in [0.2, 0.25) is 5.91 Å². The molecule has 1 aliphatic heterocycles. The van der Waals surface area contributed by atoms with Crippen molar-refractivity contribution in [3.8, 4) is 5.75 Å². The molecular weight excluding hydrogens is 460 g/mol. The molecule has 3 rings (SSSR count). The van der Waals surface area contributed by atoms with Gasteiger partial charge in [0.05, 0.1) is 0 Å². The lowest BCUT2D eigenvalue weighted by Gasteiger charge is -2.32. The molecule has 0 radical (unpaired) electrons. The van der Waals surface area contributed by atoms with Crippen molar-refractivity contribution in [2.75, 3.05) is 19.6 Å². The molecule has 1 heterocycles. The predicted octanol–water partition coefficient (Wildman–Crippen LogP) is 4.06. The molecule has 0 bridgehead atoms. The van der Waals surface area contributed by atoms with E-state index in [0.29, 0.717) is 36.9 Å². The van der Waals surface area contributed by atoms with Gasteiger partial charge in [0.15, 0.2) is 0 Å². The molecule has 2 aromatic rings. The third kappa shape index (κ3) is 6.79. The summed E-state index contributed by atoms with van der Waals surface area (Å²) in [5, 5.41) is 2.95. The van der Waals surface area contributed by atoms with E-state index in [1.54, 1.807) is 35.2 Å². The number of hydrogen-bond acceptors (Lipinski definition) is 4. The molecule has 7 heteroatoms. The van der Waals surface area contributed by atoms with Crippen LogP contribution in [0.2, 0.25) is 0 Å². The van der Waals surface area contributed by atoms with Gasteiger partial charge in [-0.3, -0.25) is 14.4 Å². The third-order valence-electron chi connectivity index (χ3n) is 5.13. The van der Waals surface area contributed by atoms with Gasteiger partial charge in [-0.1, -0.05) is 40.2 Å². The van der Waals surface area contributed by atoms with Crippen LogP contribution in [0.4, 0.5) is 0 Å². The lowest BCUT2D eigenvalue weighted by atomic mass is 9.96. The average molecular weight is 485 g/mol. The first-order valence-corrected chi connectivity index (χ1v) is 11.0. The molecule has 1 aliphatic rings. The second kappa shape index (κ2) is 10.9. The molecule has 0 aromatic heterocycles. The molecule has 1 saturated heterocycles. The van der Waals surface area contributed by atoms with Crippen LogP contribution in [-0.4, -0.2) is 42.3 Å². The Morgan fingerprint density at radius 1 is 1.13 bits per heavy atom. The van der Waals surface area contributed by atoms with Gasteiger partial charge < -0.3 is 15.0 Å². The Morgan fingerprint density at radius 2 is 1.87 bits per heavy atom. The van der Waals surface area contributed by atoms with E-state index in [9.17, 15) is 14.4 Å². The van der Waals surface area contributed by atoms with Crippen molar-refractivity contribution in [3.63, 3.8) is 0 Å². The number of rotatable bonds is 6. The minimum Gasteiger partial charge on any atom is -0.427 e. The Hall–Kier alpha value is -2.93. The minimum absolute atomic E-state index is 0.0761. The summed E-state index contributed by atoms with van der Waals surface area (Å²) in [7, 11) is 0. The number of likely N-dealkylation sites (tertiary alicyclic amines) is 1. The highest BCUT2D eigenvalue weighted by Crippen LogP contribution is 2.21. The highest BCUT2D eigenvalue weighted by Gasteiger charge is 2.24. The summed E-state index contributed by atoms with van der Waals surface area (Å²) in [6.07, 6.45) is 4.96. The molecule has 2 amide bonds. The van der Waals surface area contributed by atoms with Crippen LogP contribution in [0.1, 0.15) is 35.7 Å². The van der Waals surface area contributed by atoms with E-state index in [-0.39, 0.29) is 11.8 Å². The first-order chi connectivity index (χ1) is 14.9. The number of esters is 1. The highest BCUT2D eigenvalue weighted by atomic mass is 79.9. The fraction of sp³-hybridized carbons (Fsp3) is 0.292. The number of carbonyl (C=O) groups is 3. The van der Waals surface area contributed by atoms with Gasteiger partial charge in [0.1, 0.15) is 5.75 Å². The van der Waals surface area contributed by atoms with Crippen LogP contribution in [-0.2, 0) is 9.59 Å². The number of piperidine rings is 1. The van der Waals surface area contributed by atoms with Crippen LogP contribution in [0.15, 0.2) is 59.1 Å². The van der Waals surface area contributed by atoms with Crippen LogP contribution < -0.4 is 10.1 Å². The number of carbonyl (C=O) groups excluding carboxylic acids is 3. The summed E-state index contributed by atoms with van der Waals surface area (Å²) in [5.74, 6) is 0.0758. The summed E-state index contributed by atoms with van der Waals surface area (Å²) in [4.78, 5) is 37.8. The summed E-state index contributed by atoms with van der Waals surface area (Å²) in [5.41, 5.74) is 1.45. The third-order valence-corrected chi connectivity index (χ3v) is 5.85. The van der Waals surface area contributed by atoms with Crippen molar-refractivity contribution in [2.45, 2.75) is 19.8 Å². The van der Waals surface area contributed by atoms with E-state index in [1.165, 1.54) is 13.0 Å². The second-order valence-corrected chi connectivity index (χ2v) is 8.31. The van der Waals surface area contributed by atoms with E-state index in [0.717, 1.165) is 22.9 Å². The number of amides is 2. The van der Waals surface area contributed by atoms with Gasteiger partial charge >= 0.3 is 5.97 Å². The number of ether oxygens (including phenoxy) is 1. The van der Waals surface area contributed by atoms with Crippen LogP contribution in [0.3, 0.4) is 0 Å². The first-order valence-electron chi connectivity index (χ1n) is 10.2. The van der Waals surface area contributed by atoms with Crippen molar-refractivity contribution >= 4 is 39.8 Å². The molecule has 0 unspecified atom stereocenters. The summed E-state index contributed by atoms with van der Waals surface area (Å²) < 4.78 is 6.00. The highest BCUT2D eigenvalue weighted by molar-refractivity contribution is 9.10. The topological polar surface area (TPSA) is 75.7 Å². The molecule has 31 heavy (non-hydrogen) atoms. The van der Waals surface area contributed by atoms with Gasteiger partial charge in [0.25, 0.3) is 5.91 Å². The maximum Gasteiger partial charge on any atom is 0.308 e. The normalized spacial score (nSPS) is 14.5. The van der Waals surface area contributed by atoms with Crippen molar-refractivity contribution in [1.29, 1.82) is 0 Å². The quantitative estimate of drug-likeness (QED) is 0.381. The molecule has 1 N–H and O–H groups in total. The van der Waals surface area contributed by atoms with E-state index in [2.05, 4.69) is 21.2 Å². The largest absolute Gasteiger partial charge is 0.427 e. The van der Waals surface area contributed by atoms with Gasteiger partial charge in [-0.15, -0.1) is 0 Å². The number of halogens is 1. The Bertz CT molecular complexity index is 981. The molecule has 162 valence electrons. The van der Waals surface area contributed by atoms with Crippen LogP contribution in [0.5, 0.6) is 5.75 Å². The lowest BCUT2D eigenvalue weighted by Crippen LogP contribution is -2.41. The summed E-state index contributed by atoms with van der Waals surface area (Å²) in [6.45, 7) is 3.17. The lowest BCUT2D eigenvalue weighted by molar-refractivity contribution is -0.131. The molecule has 0 saturated carbocycles. The zero-order chi connectivity index (χ0) is 22.2. The molecular formula is C24H25BrN2O4. The minimum atomic E-state index is -0.418.